The molecule has 1 unspecified atom stereocenters. The molecule has 2 N–H and O–H groups in total. The number of aryl methyl sites for hydroxylation is 1. The zero-order chi connectivity index (χ0) is 19.5. The molecule has 0 spiro atoms. The molecule has 1 saturated heterocycles. The first-order valence-corrected chi connectivity index (χ1v) is 9.34. The van der Waals surface area contributed by atoms with Crippen LogP contribution in [0, 0.1) is 6.92 Å². The van der Waals surface area contributed by atoms with Crippen molar-refractivity contribution in [1.82, 2.24) is 10.6 Å². The van der Waals surface area contributed by atoms with Crippen molar-refractivity contribution in [3.63, 3.8) is 0 Å². The molecule has 1 aliphatic rings. The Balaban J connectivity index is 0.00000392. The summed E-state index contributed by atoms with van der Waals surface area (Å²) in [4.78, 5) is 4.46. The highest BCUT2D eigenvalue weighted by Crippen LogP contribution is 2.22. The van der Waals surface area contributed by atoms with Crippen LogP contribution in [0.3, 0.4) is 0 Å². The van der Waals surface area contributed by atoms with Crippen LogP contribution in [0.1, 0.15) is 30.9 Å². The predicted octanol–water partition coefficient (Wildman–Crippen LogP) is 3.47. The molecule has 0 amide bonds. The van der Waals surface area contributed by atoms with Crippen LogP contribution in [0.25, 0.3) is 0 Å². The summed E-state index contributed by atoms with van der Waals surface area (Å²) in [6.07, 6.45) is 2.36. The van der Waals surface area contributed by atoms with E-state index in [2.05, 4.69) is 20.4 Å². The van der Waals surface area contributed by atoms with Gasteiger partial charge in [-0.2, -0.15) is 8.78 Å². The molecule has 0 aliphatic carbocycles. The summed E-state index contributed by atoms with van der Waals surface area (Å²) >= 11 is 0. The van der Waals surface area contributed by atoms with Crippen LogP contribution < -0.4 is 15.4 Å². The quantitative estimate of drug-likeness (QED) is 0.217. The molecule has 0 aromatic heterocycles. The molecule has 2 rings (SSSR count). The summed E-state index contributed by atoms with van der Waals surface area (Å²) in [7, 11) is 0. The molecule has 0 saturated carbocycles. The fourth-order valence-corrected chi connectivity index (χ4v) is 2.78. The van der Waals surface area contributed by atoms with Gasteiger partial charge in [-0.05, 0) is 32.8 Å². The molecule has 1 atom stereocenters. The molecule has 1 fully saturated rings. The largest absolute Gasteiger partial charge is 0.434 e. The lowest BCUT2D eigenvalue weighted by Crippen LogP contribution is -2.39. The standard InChI is InChI=1S/C19H29F2N3O3.HI/c1-3-22-19(23-8-10-25-13-16-5-4-9-26-16)24-12-15-11-14(2)6-7-17(15)27-18(20)21;/h6-7,11,16,18H,3-5,8-10,12-13H2,1-2H3,(H2,22,23,24);1H. The lowest BCUT2D eigenvalue weighted by Gasteiger charge is -2.14. The molecule has 1 aromatic rings. The molecule has 28 heavy (non-hydrogen) atoms. The predicted molar refractivity (Wildman–Crippen MR) is 116 cm³/mol. The lowest BCUT2D eigenvalue weighted by atomic mass is 10.1. The maximum Gasteiger partial charge on any atom is 0.387 e. The number of aliphatic imine (C=N–C) groups is 1. The van der Waals surface area contributed by atoms with Crippen molar-refractivity contribution in [3.8, 4) is 5.75 Å². The second kappa shape index (κ2) is 13.9. The Labute approximate surface area is 182 Å². The minimum absolute atomic E-state index is 0. The van der Waals surface area contributed by atoms with Crippen molar-refractivity contribution in [2.24, 2.45) is 4.99 Å². The Bertz CT molecular complexity index is 600. The summed E-state index contributed by atoms with van der Waals surface area (Å²) < 4.78 is 40.8. The zero-order valence-corrected chi connectivity index (χ0v) is 18.7. The van der Waals surface area contributed by atoms with Gasteiger partial charge in [0.25, 0.3) is 0 Å². The molecule has 1 aromatic carbocycles. The Morgan fingerprint density at radius 2 is 2.18 bits per heavy atom. The molecule has 160 valence electrons. The van der Waals surface area contributed by atoms with Crippen LogP contribution in [0.5, 0.6) is 5.75 Å². The second-order valence-electron chi connectivity index (χ2n) is 6.32. The summed E-state index contributed by atoms with van der Waals surface area (Å²) in [6.45, 7) is 4.47. The molecule has 6 nitrogen and oxygen atoms in total. The number of nitrogens with zero attached hydrogens (tertiary/aromatic N) is 1. The van der Waals surface area contributed by atoms with E-state index in [1.807, 2.05) is 13.8 Å². The van der Waals surface area contributed by atoms with E-state index in [1.54, 1.807) is 18.2 Å². The number of guanidine groups is 1. The normalized spacial score (nSPS) is 16.8. The van der Waals surface area contributed by atoms with Gasteiger partial charge in [-0.1, -0.05) is 17.7 Å². The Kier molecular flexibility index (Phi) is 12.3. The van der Waals surface area contributed by atoms with E-state index >= 15 is 0 Å². The first-order valence-electron chi connectivity index (χ1n) is 9.34. The number of nitrogens with one attached hydrogen (secondary N) is 2. The SMILES string of the molecule is CCNC(=NCc1cc(C)ccc1OC(F)F)NCCOCC1CCCO1.I. The Hall–Kier alpha value is -1.20. The topological polar surface area (TPSA) is 64.1 Å². The third kappa shape index (κ3) is 9.33. The number of hydrogen-bond acceptors (Lipinski definition) is 4. The maximum absolute atomic E-state index is 12.6. The zero-order valence-electron chi connectivity index (χ0n) is 16.4. The summed E-state index contributed by atoms with van der Waals surface area (Å²) in [6, 6.07) is 5.08. The maximum atomic E-state index is 12.6. The third-order valence-electron chi connectivity index (χ3n) is 4.05. The minimum Gasteiger partial charge on any atom is -0.434 e. The van der Waals surface area contributed by atoms with Gasteiger partial charge in [-0.25, -0.2) is 4.99 Å². The van der Waals surface area contributed by atoms with Crippen LogP contribution >= 0.6 is 24.0 Å². The number of benzene rings is 1. The molecular formula is C19H30F2IN3O3. The molecule has 9 heteroatoms. The fraction of sp³-hybridized carbons (Fsp3) is 0.632. The van der Waals surface area contributed by atoms with Gasteiger partial charge in [0.1, 0.15) is 5.75 Å². The number of alkyl halides is 2. The van der Waals surface area contributed by atoms with Gasteiger partial charge in [0.2, 0.25) is 0 Å². The average Bonchev–Trinajstić information content (AvgIpc) is 3.14. The van der Waals surface area contributed by atoms with Crippen molar-refractivity contribution in [2.45, 2.75) is 45.9 Å². The van der Waals surface area contributed by atoms with E-state index in [-0.39, 0.29) is 42.4 Å². The highest BCUT2D eigenvalue weighted by Gasteiger charge is 2.15. The summed E-state index contributed by atoms with van der Waals surface area (Å²) in [5, 5.41) is 6.30. The fourth-order valence-electron chi connectivity index (χ4n) is 2.78. The van der Waals surface area contributed by atoms with Crippen molar-refractivity contribution in [2.75, 3.05) is 32.9 Å². The van der Waals surface area contributed by atoms with Crippen LogP contribution in [0.4, 0.5) is 8.78 Å². The first-order chi connectivity index (χ1) is 13.1. The molecular weight excluding hydrogens is 483 g/mol. The van der Waals surface area contributed by atoms with E-state index in [9.17, 15) is 8.78 Å². The van der Waals surface area contributed by atoms with Crippen molar-refractivity contribution in [3.05, 3.63) is 29.3 Å². The number of ether oxygens (including phenoxy) is 3. The Morgan fingerprint density at radius 3 is 2.86 bits per heavy atom. The van der Waals surface area contributed by atoms with Gasteiger partial charge in [0.05, 0.1) is 25.9 Å². The van der Waals surface area contributed by atoms with Gasteiger partial charge in [0.15, 0.2) is 5.96 Å². The van der Waals surface area contributed by atoms with Crippen LogP contribution in [0.2, 0.25) is 0 Å². The van der Waals surface area contributed by atoms with Crippen LogP contribution in [-0.4, -0.2) is 51.6 Å². The van der Waals surface area contributed by atoms with E-state index in [0.29, 0.717) is 37.8 Å². The van der Waals surface area contributed by atoms with Crippen LogP contribution in [0.15, 0.2) is 23.2 Å². The third-order valence-corrected chi connectivity index (χ3v) is 4.05. The monoisotopic (exact) mass is 513 g/mol. The molecule has 1 heterocycles. The summed E-state index contributed by atoms with van der Waals surface area (Å²) in [5.74, 6) is 0.748. The number of hydrogen-bond donors (Lipinski definition) is 2. The van der Waals surface area contributed by atoms with Crippen molar-refractivity contribution < 1.29 is 23.0 Å². The minimum atomic E-state index is -2.86. The Morgan fingerprint density at radius 1 is 1.36 bits per heavy atom. The smallest absolute Gasteiger partial charge is 0.387 e. The van der Waals surface area contributed by atoms with Gasteiger partial charge in [-0.3, -0.25) is 0 Å². The van der Waals surface area contributed by atoms with Gasteiger partial charge in [-0.15, -0.1) is 24.0 Å². The first kappa shape index (κ1) is 24.8. The van der Waals surface area contributed by atoms with Gasteiger partial charge >= 0.3 is 6.61 Å². The van der Waals surface area contributed by atoms with Crippen molar-refractivity contribution in [1.29, 1.82) is 0 Å². The molecule has 0 bridgehead atoms. The van der Waals surface area contributed by atoms with E-state index in [4.69, 9.17) is 9.47 Å². The second-order valence-corrected chi connectivity index (χ2v) is 6.32. The van der Waals surface area contributed by atoms with E-state index in [0.717, 1.165) is 25.0 Å². The average molecular weight is 513 g/mol. The highest BCUT2D eigenvalue weighted by atomic mass is 127. The van der Waals surface area contributed by atoms with Crippen molar-refractivity contribution >= 4 is 29.9 Å². The molecule has 0 radical (unpaired) electrons. The number of halogens is 3. The molecule has 1 aliphatic heterocycles. The van der Waals surface area contributed by atoms with Gasteiger partial charge < -0.3 is 24.8 Å². The lowest BCUT2D eigenvalue weighted by molar-refractivity contribution is -0.0504. The van der Waals surface area contributed by atoms with E-state index < -0.39 is 6.61 Å². The van der Waals surface area contributed by atoms with Crippen LogP contribution in [-0.2, 0) is 16.0 Å². The number of rotatable bonds is 10. The highest BCUT2D eigenvalue weighted by molar-refractivity contribution is 14.0. The van der Waals surface area contributed by atoms with E-state index in [1.165, 1.54) is 0 Å². The van der Waals surface area contributed by atoms with Gasteiger partial charge in [0, 0.05) is 25.3 Å². The summed E-state index contributed by atoms with van der Waals surface area (Å²) in [5.41, 5.74) is 1.57.